The number of rotatable bonds is 3. The van der Waals surface area contributed by atoms with E-state index in [2.05, 4.69) is 0 Å². The van der Waals surface area contributed by atoms with Gasteiger partial charge in [0, 0.05) is 26.1 Å². The van der Waals surface area contributed by atoms with Crippen LogP contribution in [0.1, 0.15) is 36.9 Å². The van der Waals surface area contributed by atoms with Crippen molar-refractivity contribution in [3.8, 4) is 0 Å². The largest absolute Gasteiger partial charge is 0.479 e. The van der Waals surface area contributed by atoms with Crippen molar-refractivity contribution in [3.05, 3.63) is 41.6 Å². The quantitative estimate of drug-likeness (QED) is 0.908. The summed E-state index contributed by atoms with van der Waals surface area (Å²) in [5.74, 6) is -2.10. The topological polar surface area (TPSA) is 77.9 Å². The van der Waals surface area contributed by atoms with Crippen molar-refractivity contribution in [1.82, 2.24) is 9.80 Å². The zero-order chi connectivity index (χ0) is 18.2. The predicted molar refractivity (Wildman–Crippen MR) is 88.0 cm³/mol. The van der Waals surface area contributed by atoms with Gasteiger partial charge in [0.2, 0.25) is 17.5 Å². The molecule has 0 bridgehead atoms. The number of aliphatic carboxylic acids is 1. The van der Waals surface area contributed by atoms with Crippen LogP contribution in [-0.2, 0) is 14.4 Å². The highest BCUT2D eigenvalue weighted by Crippen LogP contribution is 2.34. The lowest BCUT2D eigenvalue weighted by molar-refractivity contribution is -0.150. The van der Waals surface area contributed by atoms with E-state index in [1.165, 1.54) is 16.7 Å². The lowest BCUT2D eigenvalue weighted by atomic mass is 9.93. The van der Waals surface area contributed by atoms with Crippen LogP contribution in [-0.4, -0.2) is 51.4 Å². The number of carbonyl (C=O) groups is 3. The molecule has 2 aliphatic heterocycles. The monoisotopic (exact) mass is 346 g/mol. The summed E-state index contributed by atoms with van der Waals surface area (Å²) in [5.41, 5.74) is -0.623. The van der Waals surface area contributed by atoms with Crippen LogP contribution in [0.5, 0.6) is 0 Å². The first-order chi connectivity index (χ1) is 11.8. The Kier molecular flexibility index (Phi) is 4.32. The summed E-state index contributed by atoms with van der Waals surface area (Å²) in [4.78, 5) is 38.3. The molecule has 2 amide bonds. The fourth-order valence-electron chi connectivity index (χ4n) is 3.37. The summed E-state index contributed by atoms with van der Waals surface area (Å²) in [6, 6.07) is 6.98. The summed E-state index contributed by atoms with van der Waals surface area (Å²) in [6.45, 7) is 1.03. The molecule has 1 saturated heterocycles. The highest BCUT2D eigenvalue weighted by atomic mass is 19.1. The van der Waals surface area contributed by atoms with Gasteiger partial charge in [0.15, 0.2) is 0 Å². The minimum atomic E-state index is -2.39. The number of carboxylic acids is 1. The van der Waals surface area contributed by atoms with Crippen LogP contribution in [0.2, 0.25) is 0 Å². The van der Waals surface area contributed by atoms with E-state index in [-0.39, 0.29) is 31.2 Å². The van der Waals surface area contributed by atoms with Gasteiger partial charge in [-0.05, 0) is 17.2 Å². The van der Waals surface area contributed by atoms with E-state index in [0.717, 1.165) is 11.1 Å². The van der Waals surface area contributed by atoms with Crippen LogP contribution in [0.3, 0.4) is 0 Å². The van der Waals surface area contributed by atoms with Gasteiger partial charge in [0.25, 0.3) is 0 Å². The molecule has 2 heterocycles. The number of amides is 2. The van der Waals surface area contributed by atoms with E-state index < -0.39 is 24.2 Å². The molecule has 7 heteroatoms. The average molecular weight is 346 g/mol. The Morgan fingerprint density at radius 3 is 2.68 bits per heavy atom. The van der Waals surface area contributed by atoms with Gasteiger partial charge in [-0.3, -0.25) is 9.59 Å². The third kappa shape index (κ3) is 3.14. The number of halogens is 1. The molecule has 0 spiro atoms. The molecule has 25 heavy (non-hydrogen) atoms. The third-order valence-corrected chi connectivity index (χ3v) is 4.79. The summed E-state index contributed by atoms with van der Waals surface area (Å²) in [6.07, 6.45) is 3.22. The Bertz CT molecular complexity index is 763. The Labute approximate surface area is 144 Å². The molecule has 1 aromatic rings. The second-order valence-corrected chi connectivity index (χ2v) is 6.43. The molecule has 0 aliphatic carbocycles. The first kappa shape index (κ1) is 17.1. The molecule has 0 aromatic heterocycles. The van der Waals surface area contributed by atoms with Crippen LogP contribution in [0.15, 0.2) is 30.5 Å². The molecule has 2 atom stereocenters. The molecule has 1 aromatic carbocycles. The van der Waals surface area contributed by atoms with Crippen LogP contribution in [0.4, 0.5) is 4.39 Å². The Hall–Kier alpha value is -2.70. The number of likely N-dealkylation sites (tertiary alicyclic amines) is 1. The SMILES string of the molecule is CC(=O)N1C=Cc2ccccc2C1CC(=O)N1CCC(F)(C(=O)O)C1. The van der Waals surface area contributed by atoms with Crippen molar-refractivity contribution in [2.45, 2.75) is 31.5 Å². The molecule has 1 fully saturated rings. The van der Waals surface area contributed by atoms with Gasteiger partial charge < -0.3 is 14.9 Å². The lowest BCUT2D eigenvalue weighted by Crippen LogP contribution is -2.40. The Balaban J connectivity index is 1.80. The Morgan fingerprint density at radius 1 is 1.32 bits per heavy atom. The summed E-state index contributed by atoms with van der Waals surface area (Å²) in [5, 5.41) is 8.96. The van der Waals surface area contributed by atoms with Crippen molar-refractivity contribution in [3.63, 3.8) is 0 Å². The molecule has 6 nitrogen and oxygen atoms in total. The van der Waals surface area contributed by atoms with Crippen LogP contribution in [0, 0.1) is 0 Å². The first-order valence-electron chi connectivity index (χ1n) is 8.08. The molecule has 0 saturated carbocycles. The van der Waals surface area contributed by atoms with Crippen LogP contribution < -0.4 is 0 Å². The van der Waals surface area contributed by atoms with Crippen molar-refractivity contribution in [2.75, 3.05) is 13.1 Å². The van der Waals surface area contributed by atoms with Gasteiger partial charge in [0.1, 0.15) is 0 Å². The minimum absolute atomic E-state index is 0.0172. The standard InChI is InChI=1S/C18H19FN2O4/c1-12(22)21-8-6-13-4-2-3-5-14(13)15(21)10-16(23)20-9-7-18(19,11-20)17(24)25/h2-6,8,15H,7,9-11H2,1H3,(H,24,25). The fraction of sp³-hybridized carbons (Fsp3) is 0.389. The molecule has 0 radical (unpaired) electrons. The molecular formula is C18H19FN2O4. The first-order valence-corrected chi connectivity index (χ1v) is 8.08. The normalized spacial score (nSPS) is 25.0. The van der Waals surface area contributed by atoms with Gasteiger partial charge in [-0.25, -0.2) is 9.18 Å². The van der Waals surface area contributed by atoms with Gasteiger partial charge >= 0.3 is 5.97 Å². The number of hydrogen-bond donors (Lipinski definition) is 1. The van der Waals surface area contributed by atoms with Crippen LogP contribution in [0.25, 0.3) is 6.08 Å². The van der Waals surface area contributed by atoms with Gasteiger partial charge in [0.05, 0.1) is 19.0 Å². The maximum atomic E-state index is 14.2. The average Bonchev–Trinajstić information content (AvgIpc) is 2.99. The molecule has 132 valence electrons. The zero-order valence-electron chi connectivity index (χ0n) is 13.8. The molecule has 3 rings (SSSR count). The zero-order valence-corrected chi connectivity index (χ0v) is 13.8. The molecule has 2 unspecified atom stereocenters. The smallest absolute Gasteiger partial charge is 0.343 e. The maximum absolute atomic E-state index is 14.2. The van der Waals surface area contributed by atoms with Crippen molar-refractivity contribution in [2.24, 2.45) is 0 Å². The summed E-state index contributed by atoms with van der Waals surface area (Å²) < 4.78 is 14.2. The number of benzene rings is 1. The number of nitrogens with zero attached hydrogens (tertiary/aromatic N) is 2. The van der Waals surface area contributed by atoms with E-state index in [1.807, 2.05) is 30.3 Å². The second kappa shape index (κ2) is 6.31. The number of alkyl halides is 1. The highest BCUT2D eigenvalue weighted by Gasteiger charge is 2.47. The predicted octanol–water partition coefficient (Wildman–Crippen LogP) is 1.98. The molecule has 2 aliphatic rings. The van der Waals surface area contributed by atoms with E-state index in [1.54, 1.807) is 6.20 Å². The third-order valence-electron chi connectivity index (χ3n) is 4.79. The van der Waals surface area contributed by atoms with Gasteiger partial charge in [-0.15, -0.1) is 0 Å². The van der Waals surface area contributed by atoms with E-state index >= 15 is 0 Å². The van der Waals surface area contributed by atoms with E-state index in [0.29, 0.717) is 0 Å². The number of carboxylic acid groups (broad SMARTS) is 1. The second-order valence-electron chi connectivity index (χ2n) is 6.43. The van der Waals surface area contributed by atoms with Crippen LogP contribution >= 0.6 is 0 Å². The number of hydrogen-bond acceptors (Lipinski definition) is 3. The van der Waals surface area contributed by atoms with Gasteiger partial charge in [-0.1, -0.05) is 24.3 Å². The lowest BCUT2D eigenvalue weighted by Gasteiger charge is -2.33. The number of carbonyl (C=O) groups excluding carboxylic acids is 2. The summed E-state index contributed by atoms with van der Waals surface area (Å²) in [7, 11) is 0. The molecule has 1 N–H and O–H groups in total. The van der Waals surface area contributed by atoms with E-state index in [9.17, 15) is 18.8 Å². The minimum Gasteiger partial charge on any atom is -0.479 e. The van der Waals surface area contributed by atoms with E-state index in [4.69, 9.17) is 5.11 Å². The molecular weight excluding hydrogens is 327 g/mol. The number of fused-ring (bicyclic) bond motifs is 1. The van der Waals surface area contributed by atoms with Gasteiger partial charge in [-0.2, -0.15) is 0 Å². The van der Waals surface area contributed by atoms with Crippen molar-refractivity contribution >= 4 is 23.9 Å². The fourth-order valence-corrected chi connectivity index (χ4v) is 3.37. The maximum Gasteiger partial charge on any atom is 0.343 e. The van der Waals surface area contributed by atoms with Crippen molar-refractivity contribution in [1.29, 1.82) is 0 Å². The highest BCUT2D eigenvalue weighted by molar-refractivity contribution is 5.84. The Morgan fingerprint density at radius 2 is 2.04 bits per heavy atom. The van der Waals surface area contributed by atoms with Crippen molar-refractivity contribution < 1.29 is 23.9 Å². The summed E-state index contributed by atoms with van der Waals surface area (Å²) >= 11 is 0.